The Morgan fingerprint density at radius 1 is 0.970 bits per heavy atom. The normalized spacial score (nSPS) is 12.3. The predicted octanol–water partition coefficient (Wildman–Crippen LogP) is 6.69. The maximum Gasteiger partial charge on any atom is 0.352 e. The first-order valence-electron chi connectivity index (χ1n) is 10.0. The van der Waals surface area contributed by atoms with Crippen molar-refractivity contribution in [3.05, 3.63) is 86.5 Å². The first-order valence-corrected chi connectivity index (χ1v) is 11.2. The standard InChI is InChI=1S/C24H17Cl3N2O4/c25-17-2-1-3-18(26)16(17)10-28-15-4-5-20-13(6-15)7-21(24(30)31)29(20)11-14-8-22-23(9-19(14)27)33-12-32-22/h1-9,28H,10-12H2,(H,30,31). The fourth-order valence-corrected chi connectivity index (χ4v) is 4.62. The predicted molar refractivity (Wildman–Crippen MR) is 129 cm³/mol. The Labute approximate surface area is 204 Å². The zero-order chi connectivity index (χ0) is 23.1. The molecule has 6 nitrogen and oxygen atoms in total. The van der Waals surface area contributed by atoms with Crippen molar-refractivity contribution in [1.29, 1.82) is 0 Å². The number of hydrogen-bond donors (Lipinski definition) is 2. The Kier molecular flexibility index (Phi) is 5.74. The monoisotopic (exact) mass is 502 g/mol. The van der Waals surface area contributed by atoms with E-state index in [0.29, 0.717) is 33.1 Å². The number of carboxylic acid groups (broad SMARTS) is 1. The van der Waals surface area contributed by atoms with E-state index in [1.807, 2.05) is 18.2 Å². The van der Waals surface area contributed by atoms with Crippen LogP contribution in [0.15, 0.2) is 54.6 Å². The second-order valence-corrected chi connectivity index (χ2v) is 8.77. The van der Waals surface area contributed by atoms with Gasteiger partial charge in [0.2, 0.25) is 6.79 Å². The lowest BCUT2D eigenvalue weighted by Crippen LogP contribution is -2.09. The summed E-state index contributed by atoms with van der Waals surface area (Å²) in [6.07, 6.45) is 0. The topological polar surface area (TPSA) is 72.7 Å². The molecule has 2 N–H and O–H groups in total. The number of nitrogens with one attached hydrogen (secondary N) is 1. The molecule has 0 amide bonds. The Balaban J connectivity index is 1.47. The zero-order valence-electron chi connectivity index (χ0n) is 17.1. The molecular weight excluding hydrogens is 487 g/mol. The number of aromatic carboxylic acids is 1. The van der Waals surface area contributed by atoms with Crippen LogP contribution in [0.25, 0.3) is 10.9 Å². The summed E-state index contributed by atoms with van der Waals surface area (Å²) in [6, 6.07) is 16.1. The molecule has 5 rings (SSSR count). The van der Waals surface area contributed by atoms with Crippen molar-refractivity contribution in [2.45, 2.75) is 13.1 Å². The lowest BCUT2D eigenvalue weighted by molar-refractivity contribution is 0.0686. The minimum atomic E-state index is -1.03. The molecule has 0 saturated heterocycles. The van der Waals surface area contributed by atoms with Crippen molar-refractivity contribution >= 4 is 57.4 Å². The highest BCUT2D eigenvalue weighted by molar-refractivity contribution is 6.36. The van der Waals surface area contributed by atoms with E-state index >= 15 is 0 Å². The number of fused-ring (bicyclic) bond motifs is 2. The van der Waals surface area contributed by atoms with E-state index in [4.69, 9.17) is 44.3 Å². The average Bonchev–Trinajstić information content (AvgIpc) is 3.37. The van der Waals surface area contributed by atoms with Crippen LogP contribution in [-0.2, 0) is 13.1 Å². The third kappa shape index (κ3) is 4.17. The molecule has 3 aromatic carbocycles. The number of benzene rings is 3. The number of anilines is 1. The summed E-state index contributed by atoms with van der Waals surface area (Å²) < 4.78 is 12.5. The van der Waals surface area contributed by atoms with E-state index in [1.165, 1.54) is 0 Å². The van der Waals surface area contributed by atoms with Gasteiger partial charge in [-0.25, -0.2) is 4.79 Å². The molecule has 2 heterocycles. The van der Waals surface area contributed by atoms with Crippen LogP contribution in [0, 0.1) is 0 Å². The van der Waals surface area contributed by atoms with Crippen LogP contribution in [0.3, 0.4) is 0 Å². The van der Waals surface area contributed by atoms with Crippen molar-refractivity contribution in [1.82, 2.24) is 4.57 Å². The van der Waals surface area contributed by atoms with E-state index in [2.05, 4.69) is 5.32 Å². The maximum absolute atomic E-state index is 12.0. The summed E-state index contributed by atoms with van der Waals surface area (Å²) in [5.41, 5.74) is 3.26. The number of rotatable bonds is 6. The molecule has 0 unspecified atom stereocenters. The van der Waals surface area contributed by atoms with Crippen LogP contribution in [0.2, 0.25) is 15.1 Å². The molecule has 0 radical (unpaired) electrons. The fourth-order valence-electron chi connectivity index (χ4n) is 3.87. The summed E-state index contributed by atoms with van der Waals surface area (Å²) in [7, 11) is 0. The Hall–Kier alpha value is -3.06. The van der Waals surface area contributed by atoms with Crippen LogP contribution >= 0.6 is 34.8 Å². The molecule has 0 aliphatic carbocycles. The minimum absolute atomic E-state index is 0.136. The van der Waals surface area contributed by atoms with E-state index in [-0.39, 0.29) is 19.0 Å². The van der Waals surface area contributed by atoms with Crippen LogP contribution in [0.5, 0.6) is 11.5 Å². The van der Waals surface area contributed by atoms with Crippen molar-refractivity contribution in [3.8, 4) is 11.5 Å². The van der Waals surface area contributed by atoms with Crippen molar-refractivity contribution in [3.63, 3.8) is 0 Å². The highest BCUT2D eigenvalue weighted by Gasteiger charge is 2.20. The van der Waals surface area contributed by atoms with E-state index in [0.717, 1.165) is 27.7 Å². The van der Waals surface area contributed by atoms with E-state index in [9.17, 15) is 9.90 Å². The molecule has 0 spiro atoms. The van der Waals surface area contributed by atoms with Crippen molar-refractivity contribution < 1.29 is 19.4 Å². The largest absolute Gasteiger partial charge is 0.477 e. The van der Waals surface area contributed by atoms with Gasteiger partial charge in [-0.1, -0.05) is 40.9 Å². The lowest BCUT2D eigenvalue weighted by Gasteiger charge is -2.12. The molecule has 1 aliphatic rings. The van der Waals surface area contributed by atoms with Crippen LogP contribution in [0.4, 0.5) is 5.69 Å². The molecule has 1 aromatic heterocycles. The molecule has 0 saturated carbocycles. The maximum atomic E-state index is 12.0. The van der Waals surface area contributed by atoms with Crippen LogP contribution in [0.1, 0.15) is 21.6 Å². The third-order valence-corrected chi connectivity index (χ3v) is 6.58. The summed E-state index contributed by atoms with van der Waals surface area (Å²) in [5, 5.41) is 15.5. The van der Waals surface area contributed by atoms with Gasteiger partial charge < -0.3 is 24.5 Å². The SMILES string of the molecule is O=C(O)c1cc2cc(NCc3c(Cl)cccc3Cl)ccc2n1Cc1cc2c(cc1Cl)OCO2. The molecule has 33 heavy (non-hydrogen) atoms. The lowest BCUT2D eigenvalue weighted by atomic mass is 10.2. The van der Waals surface area contributed by atoms with Crippen molar-refractivity contribution in [2.24, 2.45) is 0 Å². The van der Waals surface area contributed by atoms with Gasteiger partial charge in [-0.05, 0) is 48.0 Å². The van der Waals surface area contributed by atoms with Gasteiger partial charge in [-0.15, -0.1) is 0 Å². The molecule has 168 valence electrons. The third-order valence-electron chi connectivity index (χ3n) is 5.52. The Morgan fingerprint density at radius 2 is 1.70 bits per heavy atom. The number of aromatic nitrogens is 1. The first-order chi connectivity index (χ1) is 15.9. The average molecular weight is 504 g/mol. The smallest absolute Gasteiger partial charge is 0.352 e. The number of ether oxygens (including phenoxy) is 2. The molecule has 9 heteroatoms. The second-order valence-electron chi connectivity index (χ2n) is 7.55. The summed E-state index contributed by atoms with van der Waals surface area (Å²) in [5.74, 6) is 0.141. The van der Waals surface area contributed by atoms with Crippen LogP contribution in [-0.4, -0.2) is 22.4 Å². The van der Waals surface area contributed by atoms with E-state index in [1.54, 1.807) is 41.0 Å². The quantitative estimate of drug-likeness (QED) is 0.307. The van der Waals surface area contributed by atoms with Crippen LogP contribution < -0.4 is 14.8 Å². The Bertz CT molecular complexity index is 1380. The minimum Gasteiger partial charge on any atom is -0.477 e. The van der Waals surface area contributed by atoms with Gasteiger partial charge in [0, 0.05) is 49.8 Å². The summed E-state index contributed by atoms with van der Waals surface area (Å²) >= 11 is 18.9. The summed E-state index contributed by atoms with van der Waals surface area (Å²) in [4.78, 5) is 12.0. The first kappa shape index (κ1) is 21.8. The molecule has 4 aromatic rings. The number of nitrogens with zero attached hydrogens (tertiary/aromatic N) is 1. The second kappa shape index (κ2) is 8.71. The van der Waals surface area contributed by atoms with Gasteiger partial charge in [0.15, 0.2) is 11.5 Å². The molecule has 0 bridgehead atoms. The summed E-state index contributed by atoms with van der Waals surface area (Å²) in [6.45, 7) is 0.836. The molecule has 0 fully saturated rings. The van der Waals surface area contributed by atoms with Gasteiger partial charge in [-0.3, -0.25) is 0 Å². The zero-order valence-corrected chi connectivity index (χ0v) is 19.3. The fraction of sp³-hybridized carbons (Fsp3) is 0.125. The van der Waals surface area contributed by atoms with Gasteiger partial charge in [0.1, 0.15) is 5.69 Å². The van der Waals surface area contributed by atoms with E-state index < -0.39 is 5.97 Å². The number of halogens is 3. The number of carbonyl (C=O) groups is 1. The van der Waals surface area contributed by atoms with Gasteiger partial charge >= 0.3 is 5.97 Å². The van der Waals surface area contributed by atoms with Gasteiger partial charge in [0.25, 0.3) is 0 Å². The molecule has 1 aliphatic heterocycles. The molecule has 0 atom stereocenters. The number of carboxylic acids is 1. The van der Waals surface area contributed by atoms with Gasteiger partial charge in [0.05, 0.1) is 6.54 Å². The Morgan fingerprint density at radius 3 is 2.42 bits per heavy atom. The highest BCUT2D eigenvalue weighted by atomic mass is 35.5. The van der Waals surface area contributed by atoms with Gasteiger partial charge in [-0.2, -0.15) is 0 Å². The molecular formula is C24H17Cl3N2O4. The van der Waals surface area contributed by atoms with Crippen molar-refractivity contribution in [2.75, 3.05) is 12.1 Å². The number of hydrogen-bond acceptors (Lipinski definition) is 4. The highest BCUT2D eigenvalue weighted by Crippen LogP contribution is 2.38.